The quantitative estimate of drug-likeness (QED) is 0.367. The van der Waals surface area contributed by atoms with E-state index in [1.807, 2.05) is 24.3 Å². The highest BCUT2D eigenvalue weighted by atomic mass is 79.9. The van der Waals surface area contributed by atoms with E-state index in [1.165, 1.54) is 35.2 Å². The molecule has 7 nitrogen and oxygen atoms in total. The summed E-state index contributed by atoms with van der Waals surface area (Å²) < 4.78 is 29.8. The summed E-state index contributed by atoms with van der Waals surface area (Å²) in [5.74, 6) is 1.26. The van der Waals surface area contributed by atoms with Crippen LogP contribution in [0.25, 0.3) is 0 Å². The second kappa shape index (κ2) is 9.02. The zero-order valence-corrected chi connectivity index (χ0v) is 17.9. The number of aromatic nitrogens is 2. The lowest BCUT2D eigenvalue weighted by Gasteiger charge is -2.05. The monoisotopic (exact) mass is 486 g/mol. The van der Waals surface area contributed by atoms with Gasteiger partial charge in [-0.1, -0.05) is 45.1 Å². The van der Waals surface area contributed by atoms with Crippen molar-refractivity contribution in [2.75, 3.05) is 17.7 Å². The third-order valence-electron chi connectivity index (χ3n) is 3.21. The minimum Gasteiger partial charge on any atom is -0.493 e. The van der Waals surface area contributed by atoms with Gasteiger partial charge in [-0.3, -0.25) is 0 Å². The lowest BCUT2D eigenvalue weighted by atomic mass is 10.3. The Morgan fingerprint density at radius 3 is 2.67 bits per heavy atom. The smallest absolute Gasteiger partial charge is 0.238 e. The molecular formula is C16H15BrN4O3S3. The average molecular weight is 487 g/mol. The van der Waals surface area contributed by atoms with Gasteiger partial charge in [0, 0.05) is 15.9 Å². The average Bonchev–Trinajstić information content (AvgIpc) is 3.06. The molecule has 0 bridgehead atoms. The van der Waals surface area contributed by atoms with Crippen LogP contribution in [0.4, 0.5) is 10.8 Å². The van der Waals surface area contributed by atoms with E-state index in [2.05, 4.69) is 31.4 Å². The van der Waals surface area contributed by atoms with Crippen LogP contribution >= 0.6 is 39.0 Å². The van der Waals surface area contributed by atoms with E-state index in [4.69, 9.17) is 9.88 Å². The summed E-state index contributed by atoms with van der Waals surface area (Å²) in [7, 11) is -3.69. The Bertz CT molecular complexity index is 1010. The minimum absolute atomic E-state index is 0.0589. The van der Waals surface area contributed by atoms with Crippen molar-refractivity contribution in [2.24, 2.45) is 5.14 Å². The third kappa shape index (κ3) is 6.18. The van der Waals surface area contributed by atoms with Gasteiger partial charge in [0.1, 0.15) is 5.75 Å². The molecule has 0 saturated heterocycles. The minimum atomic E-state index is -3.69. The molecule has 1 aromatic heterocycles. The molecule has 1 heterocycles. The van der Waals surface area contributed by atoms with Crippen LogP contribution in [0.3, 0.4) is 0 Å². The molecule has 2 aromatic carbocycles. The van der Waals surface area contributed by atoms with Crippen LogP contribution < -0.4 is 15.2 Å². The second-order valence-electron chi connectivity index (χ2n) is 5.22. The first kappa shape index (κ1) is 20.1. The zero-order chi connectivity index (χ0) is 19.3. The van der Waals surface area contributed by atoms with Crippen molar-refractivity contribution in [1.82, 2.24) is 10.2 Å². The molecule has 0 spiro atoms. The number of ether oxygens (including phenoxy) is 1. The van der Waals surface area contributed by atoms with E-state index in [0.717, 1.165) is 19.6 Å². The fourth-order valence-corrected chi connectivity index (χ4v) is 4.60. The maximum Gasteiger partial charge on any atom is 0.238 e. The van der Waals surface area contributed by atoms with Crippen molar-refractivity contribution in [2.45, 2.75) is 9.24 Å². The van der Waals surface area contributed by atoms with E-state index in [9.17, 15) is 8.42 Å². The van der Waals surface area contributed by atoms with E-state index < -0.39 is 10.0 Å². The number of hydrogen-bond acceptors (Lipinski definition) is 8. The highest BCUT2D eigenvalue weighted by Gasteiger charge is 2.08. The maximum absolute atomic E-state index is 11.2. The van der Waals surface area contributed by atoms with Crippen molar-refractivity contribution >= 4 is 59.9 Å². The number of rotatable bonds is 8. The Morgan fingerprint density at radius 2 is 1.96 bits per heavy atom. The first-order chi connectivity index (χ1) is 12.9. The Kier molecular flexibility index (Phi) is 6.71. The number of primary sulfonamides is 1. The number of benzene rings is 2. The van der Waals surface area contributed by atoms with Gasteiger partial charge in [-0.25, -0.2) is 13.6 Å². The van der Waals surface area contributed by atoms with E-state index in [0.29, 0.717) is 18.1 Å². The fraction of sp³-hybridized carbons (Fsp3) is 0.125. The molecule has 0 amide bonds. The molecule has 0 aliphatic rings. The van der Waals surface area contributed by atoms with Crippen LogP contribution in [-0.2, 0) is 10.0 Å². The predicted molar refractivity (Wildman–Crippen MR) is 111 cm³/mol. The van der Waals surface area contributed by atoms with Crippen LogP contribution in [0.15, 0.2) is 62.2 Å². The van der Waals surface area contributed by atoms with Gasteiger partial charge >= 0.3 is 0 Å². The molecule has 0 unspecified atom stereocenters. The number of nitrogens with one attached hydrogen (secondary N) is 1. The van der Waals surface area contributed by atoms with Crippen molar-refractivity contribution in [3.63, 3.8) is 0 Å². The third-order valence-corrected chi connectivity index (χ3v) is 6.57. The Balaban J connectivity index is 1.45. The van der Waals surface area contributed by atoms with Gasteiger partial charge < -0.3 is 10.1 Å². The Hall–Kier alpha value is -1.66. The molecule has 0 atom stereocenters. The van der Waals surface area contributed by atoms with Gasteiger partial charge in [-0.2, -0.15) is 0 Å². The summed E-state index contributed by atoms with van der Waals surface area (Å²) in [6.07, 6.45) is 0. The maximum atomic E-state index is 11.2. The highest BCUT2D eigenvalue weighted by molar-refractivity contribution is 9.10. The number of anilines is 2. The Morgan fingerprint density at radius 1 is 1.19 bits per heavy atom. The standard InChI is InChI=1S/C16H15BrN4O3S3/c17-11-2-1-3-12(10-11)19-15-20-21-16(26-15)25-9-8-24-13-4-6-14(7-5-13)27(18,22)23/h1-7,10H,8-9H2,(H,19,20)(H2,18,22,23). The number of nitrogens with two attached hydrogens (primary N) is 1. The number of thioether (sulfide) groups is 1. The van der Waals surface area contributed by atoms with Crippen molar-refractivity contribution in [1.29, 1.82) is 0 Å². The van der Waals surface area contributed by atoms with E-state index in [1.54, 1.807) is 12.1 Å². The summed E-state index contributed by atoms with van der Waals surface area (Å²) in [6, 6.07) is 13.8. The van der Waals surface area contributed by atoms with Crippen LogP contribution in [0.1, 0.15) is 0 Å². The molecule has 0 fully saturated rings. The van der Waals surface area contributed by atoms with Gasteiger partial charge in [-0.15, -0.1) is 10.2 Å². The molecule has 0 saturated carbocycles. The SMILES string of the molecule is NS(=O)(=O)c1ccc(OCCSc2nnc(Nc3cccc(Br)c3)s2)cc1. The number of nitrogens with zero attached hydrogens (tertiary/aromatic N) is 2. The predicted octanol–water partition coefficient (Wildman–Crippen LogP) is 3.86. The summed E-state index contributed by atoms with van der Waals surface area (Å²) in [5, 5.41) is 17.2. The number of hydrogen-bond donors (Lipinski definition) is 2. The van der Waals surface area contributed by atoms with Crippen LogP contribution in [-0.4, -0.2) is 31.0 Å². The molecule has 0 radical (unpaired) electrons. The van der Waals surface area contributed by atoms with Crippen LogP contribution in [0.2, 0.25) is 0 Å². The molecule has 11 heteroatoms. The summed E-state index contributed by atoms with van der Waals surface area (Å²) in [6.45, 7) is 0.452. The van der Waals surface area contributed by atoms with Crippen LogP contribution in [0, 0.1) is 0 Å². The summed E-state index contributed by atoms with van der Waals surface area (Å²) >= 11 is 6.43. The number of halogens is 1. The zero-order valence-electron chi connectivity index (χ0n) is 13.8. The van der Waals surface area contributed by atoms with Gasteiger partial charge in [0.2, 0.25) is 15.2 Å². The number of sulfonamides is 1. The van der Waals surface area contributed by atoms with Crippen molar-refractivity contribution in [3.05, 3.63) is 53.0 Å². The Labute approximate surface area is 173 Å². The van der Waals surface area contributed by atoms with Gasteiger partial charge in [0.05, 0.1) is 11.5 Å². The molecule has 27 heavy (non-hydrogen) atoms. The molecule has 3 aromatic rings. The normalized spacial score (nSPS) is 11.3. The summed E-state index contributed by atoms with van der Waals surface area (Å²) in [4.78, 5) is 0.0589. The fourth-order valence-electron chi connectivity index (χ4n) is 2.02. The molecule has 0 aliphatic heterocycles. The molecule has 142 valence electrons. The van der Waals surface area contributed by atoms with Gasteiger partial charge in [-0.05, 0) is 42.5 Å². The molecule has 3 rings (SSSR count). The topological polar surface area (TPSA) is 107 Å². The highest BCUT2D eigenvalue weighted by Crippen LogP contribution is 2.28. The first-order valence-electron chi connectivity index (χ1n) is 7.65. The first-order valence-corrected chi connectivity index (χ1v) is 11.8. The second-order valence-corrected chi connectivity index (χ2v) is 10.0. The lowest BCUT2D eigenvalue weighted by molar-refractivity contribution is 0.343. The van der Waals surface area contributed by atoms with Crippen molar-refractivity contribution < 1.29 is 13.2 Å². The molecule has 0 aliphatic carbocycles. The van der Waals surface area contributed by atoms with E-state index in [-0.39, 0.29) is 4.90 Å². The molecule has 3 N–H and O–H groups in total. The van der Waals surface area contributed by atoms with E-state index >= 15 is 0 Å². The van der Waals surface area contributed by atoms with Gasteiger partial charge in [0.25, 0.3) is 0 Å². The lowest BCUT2D eigenvalue weighted by Crippen LogP contribution is -2.11. The van der Waals surface area contributed by atoms with Crippen molar-refractivity contribution in [3.8, 4) is 5.75 Å². The molecular weight excluding hydrogens is 472 g/mol. The van der Waals surface area contributed by atoms with Crippen LogP contribution in [0.5, 0.6) is 5.75 Å². The van der Waals surface area contributed by atoms with Gasteiger partial charge in [0.15, 0.2) is 4.34 Å². The largest absolute Gasteiger partial charge is 0.493 e. The summed E-state index contributed by atoms with van der Waals surface area (Å²) in [5.41, 5.74) is 0.934.